The SMILES string of the molecule is C[C@H](c1ccc(OC(F)(F)F)cc1)N1CCC[C@@H](NS(C)(=O)=O)C1. The van der Waals surface area contributed by atoms with Crippen LogP contribution in [0, 0.1) is 0 Å². The number of nitrogens with zero attached hydrogens (tertiary/aromatic N) is 1. The molecule has 1 aliphatic heterocycles. The highest BCUT2D eigenvalue weighted by Crippen LogP contribution is 2.28. The van der Waals surface area contributed by atoms with Gasteiger partial charge in [-0.25, -0.2) is 13.1 Å². The molecule has 1 aromatic rings. The van der Waals surface area contributed by atoms with E-state index in [2.05, 4.69) is 14.4 Å². The van der Waals surface area contributed by atoms with Crippen molar-refractivity contribution in [2.45, 2.75) is 38.2 Å². The first-order valence-electron chi connectivity index (χ1n) is 7.60. The number of likely N-dealkylation sites (tertiary alicyclic amines) is 1. The van der Waals surface area contributed by atoms with Gasteiger partial charge < -0.3 is 4.74 Å². The number of nitrogens with one attached hydrogen (secondary N) is 1. The van der Waals surface area contributed by atoms with Crippen LogP contribution in [-0.2, 0) is 10.0 Å². The Bertz CT molecular complexity index is 647. The lowest BCUT2D eigenvalue weighted by molar-refractivity contribution is -0.274. The van der Waals surface area contributed by atoms with E-state index in [4.69, 9.17) is 0 Å². The Kier molecular flexibility index (Phi) is 5.77. The second-order valence-electron chi connectivity index (χ2n) is 6.02. The summed E-state index contributed by atoms with van der Waals surface area (Å²) >= 11 is 0. The van der Waals surface area contributed by atoms with Gasteiger partial charge in [-0.2, -0.15) is 0 Å². The summed E-state index contributed by atoms with van der Waals surface area (Å²) in [6.45, 7) is 3.32. The highest BCUT2D eigenvalue weighted by Gasteiger charge is 2.31. The summed E-state index contributed by atoms with van der Waals surface area (Å²) in [6.07, 6.45) is -1.94. The molecular weight excluding hydrogens is 345 g/mol. The standard InChI is InChI=1S/C15H21F3N2O3S/c1-11(12-5-7-14(8-6-12)23-15(16,17)18)20-9-3-4-13(10-20)19-24(2,21)22/h5-8,11,13,19H,3-4,9-10H2,1-2H3/t11-,13-/m1/s1. The maximum absolute atomic E-state index is 12.2. The molecule has 2 atom stereocenters. The summed E-state index contributed by atoms with van der Waals surface area (Å²) in [4.78, 5) is 2.12. The van der Waals surface area contributed by atoms with Crippen LogP contribution in [-0.4, -0.2) is 45.1 Å². The van der Waals surface area contributed by atoms with Gasteiger partial charge >= 0.3 is 6.36 Å². The summed E-state index contributed by atoms with van der Waals surface area (Å²) in [5, 5.41) is 0. The predicted molar refractivity (Wildman–Crippen MR) is 84.1 cm³/mol. The van der Waals surface area contributed by atoms with E-state index in [1.807, 2.05) is 6.92 Å². The summed E-state index contributed by atoms with van der Waals surface area (Å²) < 4.78 is 65.8. The molecular formula is C15H21F3N2O3S. The number of hydrogen-bond acceptors (Lipinski definition) is 4. The van der Waals surface area contributed by atoms with E-state index in [1.165, 1.54) is 12.1 Å². The fourth-order valence-corrected chi connectivity index (χ4v) is 3.71. The Labute approximate surface area is 139 Å². The first-order valence-corrected chi connectivity index (χ1v) is 9.50. The second kappa shape index (κ2) is 7.28. The first kappa shape index (κ1) is 19.0. The minimum absolute atomic E-state index is 0.0332. The van der Waals surface area contributed by atoms with Crippen LogP contribution < -0.4 is 9.46 Å². The van der Waals surface area contributed by atoms with Crippen LogP contribution in [0.2, 0.25) is 0 Å². The summed E-state index contributed by atoms with van der Waals surface area (Å²) in [5.41, 5.74) is 0.851. The highest BCUT2D eigenvalue weighted by atomic mass is 32.2. The molecule has 24 heavy (non-hydrogen) atoms. The minimum Gasteiger partial charge on any atom is -0.406 e. The number of benzene rings is 1. The maximum Gasteiger partial charge on any atom is 0.573 e. The van der Waals surface area contributed by atoms with Crippen molar-refractivity contribution in [2.75, 3.05) is 19.3 Å². The van der Waals surface area contributed by atoms with Crippen LogP contribution in [0.4, 0.5) is 13.2 Å². The zero-order valence-corrected chi connectivity index (χ0v) is 14.3. The predicted octanol–water partition coefficient (Wildman–Crippen LogP) is 2.66. The number of rotatable bonds is 5. The Morgan fingerprint density at radius 1 is 1.29 bits per heavy atom. The molecule has 1 aliphatic rings. The van der Waals surface area contributed by atoms with Gasteiger partial charge in [0, 0.05) is 18.6 Å². The normalized spacial score (nSPS) is 21.5. The molecule has 0 aliphatic carbocycles. The van der Waals surface area contributed by atoms with Gasteiger partial charge in [0.1, 0.15) is 5.75 Å². The van der Waals surface area contributed by atoms with Crippen LogP contribution >= 0.6 is 0 Å². The zero-order chi connectivity index (χ0) is 18.0. The molecule has 0 bridgehead atoms. The van der Waals surface area contributed by atoms with E-state index >= 15 is 0 Å². The van der Waals surface area contributed by atoms with Crippen molar-refractivity contribution >= 4 is 10.0 Å². The van der Waals surface area contributed by atoms with Crippen molar-refractivity contribution in [3.8, 4) is 5.75 Å². The number of hydrogen-bond donors (Lipinski definition) is 1. The highest BCUT2D eigenvalue weighted by molar-refractivity contribution is 7.88. The van der Waals surface area contributed by atoms with Gasteiger partial charge in [-0.05, 0) is 44.0 Å². The average molecular weight is 366 g/mol. The van der Waals surface area contributed by atoms with Crippen LogP contribution in [0.25, 0.3) is 0 Å². The van der Waals surface area contributed by atoms with E-state index in [1.54, 1.807) is 12.1 Å². The van der Waals surface area contributed by atoms with Crippen molar-refractivity contribution in [1.29, 1.82) is 0 Å². The Hall–Kier alpha value is -1.32. The summed E-state index contributed by atoms with van der Waals surface area (Å²) in [5.74, 6) is -0.256. The van der Waals surface area contributed by atoms with Gasteiger partial charge in [0.25, 0.3) is 0 Å². The van der Waals surface area contributed by atoms with Crippen molar-refractivity contribution < 1.29 is 26.3 Å². The molecule has 0 spiro atoms. The van der Waals surface area contributed by atoms with Crippen LogP contribution in [0.5, 0.6) is 5.75 Å². The third-order valence-electron chi connectivity index (χ3n) is 3.98. The number of piperidine rings is 1. The van der Waals surface area contributed by atoms with Gasteiger partial charge in [0.05, 0.1) is 6.26 Å². The molecule has 5 nitrogen and oxygen atoms in total. The molecule has 0 aromatic heterocycles. The summed E-state index contributed by atoms with van der Waals surface area (Å²) in [6, 6.07) is 5.59. The molecule has 0 saturated carbocycles. The van der Waals surface area contributed by atoms with Crippen LogP contribution in [0.1, 0.15) is 31.4 Å². The molecule has 0 amide bonds. The molecule has 0 unspecified atom stereocenters. The fourth-order valence-electron chi connectivity index (χ4n) is 2.92. The van der Waals surface area contributed by atoms with Crippen molar-refractivity contribution in [1.82, 2.24) is 9.62 Å². The Balaban J connectivity index is 2.01. The number of alkyl halides is 3. The van der Waals surface area contributed by atoms with E-state index in [-0.39, 0.29) is 17.8 Å². The van der Waals surface area contributed by atoms with E-state index in [0.717, 1.165) is 31.2 Å². The maximum atomic E-state index is 12.2. The molecule has 1 saturated heterocycles. The smallest absolute Gasteiger partial charge is 0.406 e. The lowest BCUT2D eigenvalue weighted by Crippen LogP contribution is -2.47. The van der Waals surface area contributed by atoms with Gasteiger partial charge in [-0.15, -0.1) is 13.2 Å². The number of sulfonamides is 1. The lowest BCUT2D eigenvalue weighted by Gasteiger charge is -2.37. The molecule has 1 aromatic carbocycles. The number of halogens is 3. The molecule has 2 rings (SSSR count). The molecule has 1 N–H and O–H groups in total. The van der Waals surface area contributed by atoms with Gasteiger partial charge in [0.2, 0.25) is 10.0 Å². The fraction of sp³-hybridized carbons (Fsp3) is 0.600. The third kappa shape index (κ3) is 5.95. The molecule has 9 heteroatoms. The van der Waals surface area contributed by atoms with Crippen molar-refractivity contribution in [2.24, 2.45) is 0 Å². The third-order valence-corrected chi connectivity index (χ3v) is 4.74. The first-order chi connectivity index (χ1) is 11.0. The van der Waals surface area contributed by atoms with E-state index in [9.17, 15) is 21.6 Å². The second-order valence-corrected chi connectivity index (χ2v) is 7.80. The van der Waals surface area contributed by atoms with E-state index < -0.39 is 16.4 Å². The largest absolute Gasteiger partial charge is 0.573 e. The molecule has 1 fully saturated rings. The molecule has 0 radical (unpaired) electrons. The van der Waals surface area contributed by atoms with Gasteiger partial charge in [0.15, 0.2) is 0 Å². The average Bonchev–Trinajstić information content (AvgIpc) is 2.44. The van der Waals surface area contributed by atoms with Crippen LogP contribution in [0.3, 0.4) is 0 Å². The molecule has 1 heterocycles. The topological polar surface area (TPSA) is 58.6 Å². The summed E-state index contributed by atoms with van der Waals surface area (Å²) in [7, 11) is -3.26. The quantitative estimate of drug-likeness (QED) is 0.870. The van der Waals surface area contributed by atoms with Crippen molar-refractivity contribution in [3.63, 3.8) is 0 Å². The van der Waals surface area contributed by atoms with Crippen molar-refractivity contribution in [3.05, 3.63) is 29.8 Å². The monoisotopic (exact) mass is 366 g/mol. The van der Waals surface area contributed by atoms with E-state index in [0.29, 0.717) is 6.54 Å². The molecule has 136 valence electrons. The van der Waals surface area contributed by atoms with Crippen LogP contribution in [0.15, 0.2) is 24.3 Å². The van der Waals surface area contributed by atoms with Gasteiger partial charge in [-0.3, -0.25) is 4.90 Å². The lowest BCUT2D eigenvalue weighted by atomic mass is 10.0. The Morgan fingerprint density at radius 2 is 1.92 bits per heavy atom. The minimum atomic E-state index is -4.70. The number of ether oxygens (including phenoxy) is 1. The Morgan fingerprint density at radius 3 is 2.46 bits per heavy atom. The zero-order valence-electron chi connectivity index (χ0n) is 13.5. The van der Waals surface area contributed by atoms with Gasteiger partial charge in [-0.1, -0.05) is 12.1 Å².